The van der Waals surface area contributed by atoms with E-state index in [1.165, 1.54) is 0 Å². The molecule has 0 aliphatic rings. The standard InChI is InChI=1S/C28H29Br2ClN2O3/c1-3-19(2)32-28(35)25(15-20-8-5-4-6-9-20)33(17-21-10-7-11-22(29)14-21)27(34)18-36-26-13-12-23(31)16-24(26)30/h4-14,16,19,25H,3,15,17-18H2,1-2H3,(H,32,35)/t19-,25-/m1/s1. The molecular formula is C28H29Br2ClN2O3. The minimum atomic E-state index is -0.717. The number of nitrogens with zero attached hydrogens (tertiary/aromatic N) is 1. The van der Waals surface area contributed by atoms with Gasteiger partial charge in [-0.1, -0.05) is 76.9 Å². The molecule has 0 fully saturated rings. The van der Waals surface area contributed by atoms with Gasteiger partial charge in [-0.15, -0.1) is 0 Å². The number of carbonyl (C=O) groups is 2. The molecule has 0 radical (unpaired) electrons. The second-order valence-corrected chi connectivity index (χ2v) is 10.7. The smallest absolute Gasteiger partial charge is 0.261 e. The summed E-state index contributed by atoms with van der Waals surface area (Å²) in [5.41, 5.74) is 1.87. The highest BCUT2D eigenvalue weighted by Gasteiger charge is 2.31. The topological polar surface area (TPSA) is 58.6 Å². The van der Waals surface area contributed by atoms with E-state index in [0.717, 1.165) is 22.0 Å². The van der Waals surface area contributed by atoms with Crippen molar-refractivity contribution in [1.29, 1.82) is 0 Å². The minimum absolute atomic E-state index is 0.0140. The van der Waals surface area contributed by atoms with Crippen molar-refractivity contribution < 1.29 is 14.3 Å². The summed E-state index contributed by atoms with van der Waals surface area (Å²) in [7, 11) is 0. The fraction of sp³-hybridized carbons (Fsp3) is 0.286. The average Bonchev–Trinajstić information content (AvgIpc) is 2.86. The number of nitrogens with one attached hydrogen (secondary N) is 1. The van der Waals surface area contributed by atoms with Crippen LogP contribution in [0.4, 0.5) is 0 Å². The van der Waals surface area contributed by atoms with Crippen LogP contribution >= 0.6 is 43.5 Å². The monoisotopic (exact) mass is 634 g/mol. The molecule has 0 heterocycles. The Hall–Kier alpha value is -2.35. The molecule has 5 nitrogen and oxygen atoms in total. The number of amides is 2. The fourth-order valence-corrected chi connectivity index (χ4v) is 4.89. The molecule has 0 aliphatic carbocycles. The van der Waals surface area contributed by atoms with Gasteiger partial charge in [-0.3, -0.25) is 9.59 Å². The molecule has 0 bridgehead atoms. The van der Waals surface area contributed by atoms with Crippen molar-refractivity contribution in [1.82, 2.24) is 10.2 Å². The Bertz CT molecular complexity index is 1180. The van der Waals surface area contributed by atoms with E-state index in [1.54, 1.807) is 23.1 Å². The van der Waals surface area contributed by atoms with Crippen LogP contribution in [0.3, 0.4) is 0 Å². The first-order valence-electron chi connectivity index (χ1n) is 11.7. The van der Waals surface area contributed by atoms with Crippen LogP contribution in [0.5, 0.6) is 5.75 Å². The lowest BCUT2D eigenvalue weighted by Gasteiger charge is -2.32. The summed E-state index contributed by atoms with van der Waals surface area (Å²) in [6.45, 7) is 4.00. The van der Waals surface area contributed by atoms with E-state index < -0.39 is 6.04 Å². The predicted octanol–water partition coefficient (Wildman–Crippen LogP) is 6.80. The molecule has 3 aromatic rings. The summed E-state index contributed by atoms with van der Waals surface area (Å²) < 4.78 is 7.39. The van der Waals surface area contributed by atoms with Crippen LogP contribution < -0.4 is 10.1 Å². The first-order chi connectivity index (χ1) is 17.3. The Morgan fingerprint density at radius 3 is 2.39 bits per heavy atom. The maximum atomic E-state index is 13.6. The van der Waals surface area contributed by atoms with Gasteiger partial charge < -0.3 is 15.0 Å². The Morgan fingerprint density at radius 2 is 1.72 bits per heavy atom. The number of ether oxygens (including phenoxy) is 1. The highest BCUT2D eigenvalue weighted by molar-refractivity contribution is 9.10. The zero-order valence-electron chi connectivity index (χ0n) is 20.2. The molecule has 190 valence electrons. The lowest BCUT2D eigenvalue weighted by Crippen LogP contribution is -2.53. The van der Waals surface area contributed by atoms with Crippen molar-refractivity contribution in [3.05, 3.63) is 97.9 Å². The summed E-state index contributed by atoms with van der Waals surface area (Å²) in [6, 6.07) is 21.8. The van der Waals surface area contributed by atoms with Gasteiger partial charge in [-0.25, -0.2) is 0 Å². The van der Waals surface area contributed by atoms with Crippen molar-refractivity contribution in [2.75, 3.05) is 6.61 Å². The van der Waals surface area contributed by atoms with Crippen LogP contribution in [-0.4, -0.2) is 35.4 Å². The highest BCUT2D eigenvalue weighted by atomic mass is 79.9. The van der Waals surface area contributed by atoms with Crippen LogP contribution in [0.25, 0.3) is 0 Å². The number of halogens is 3. The van der Waals surface area contributed by atoms with Crippen LogP contribution in [-0.2, 0) is 22.6 Å². The zero-order valence-corrected chi connectivity index (χ0v) is 24.1. The Balaban J connectivity index is 1.92. The third kappa shape index (κ3) is 8.36. The zero-order chi connectivity index (χ0) is 26.1. The molecule has 8 heteroatoms. The molecule has 1 N–H and O–H groups in total. The second-order valence-electron chi connectivity index (χ2n) is 8.54. The van der Waals surface area contributed by atoms with Gasteiger partial charge in [-0.2, -0.15) is 0 Å². The van der Waals surface area contributed by atoms with Crippen molar-refractivity contribution in [2.24, 2.45) is 0 Å². The summed E-state index contributed by atoms with van der Waals surface area (Å²) in [6.07, 6.45) is 1.17. The molecule has 36 heavy (non-hydrogen) atoms. The molecule has 0 spiro atoms. The number of rotatable bonds is 11. The number of hydrogen-bond donors (Lipinski definition) is 1. The van der Waals surface area contributed by atoms with Gasteiger partial charge in [0.1, 0.15) is 11.8 Å². The Morgan fingerprint density at radius 1 is 1.00 bits per heavy atom. The van der Waals surface area contributed by atoms with Gasteiger partial charge in [0.05, 0.1) is 4.47 Å². The fourth-order valence-electron chi connectivity index (χ4n) is 3.64. The second kappa shape index (κ2) is 13.8. The number of benzene rings is 3. The quantitative estimate of drug-likeness (QED) is 0.252. The summed E-state index contributed by atoms with van der Waals surface area (Å²) >= 11 is 13.0. The molecule has 2 atom stereocenters. The van der Waals surface area contributed by atoms with Crippen molar-refractivity contribution in [2.45, 2.75) is 45.3 Å². The molecule has 2 amide bonds. The molecule has 0 saturated carbocycles. The van der Waals surface area contributed by atoms with Crippen molar-refractivity contribution in [3.63, 3.8) is 0 Å². The van der Waals surface area contributed by atoms with E-state index in [-0.39, 0.29) is 31.0 Å². The number of carbonyl (C=O) groups excluding carboxylic acids is 2. The van der Waals surface area contributed by atoms with E-state index in [9.17, 15) is 9.59 Å². The SMILES string of the molecule is CC[C@@H](C)NC(=O)[C@@H](Cc1ccccc1)N(Cc1cccc(Br)c1)C(=O)COc1ccc(Cl)cc1Br. The maximum Gasteiger partial charge on any atom is 0.261 e. The van der Waals surface area contributed by atoms with Gasteiger partial charge in [0.25, 0.3) is 5.91 Å². The van der Waals surface area contributed by atoms with Crippen LogP contribution in [0.15, 0.2) is 81.7 Å². The summed E-state index contributed by atoms with van der Waals surface area (Å²) in [5.74, 6) is 0.0140. The molecule has 0 aliphatic heterocycles. The summed E-state index contributed by atoms with van der Waals surface area (Å²) in [4.78, 5) is 28.8. The van der Waals surface area contributed by atoms with E-state index in [1.807, 2.05) is 68.4 Å². The molecule has 0 saturated heterocycles. The third-order valence-corrected chi connectivity index (χ3v) is 7.11. The van der Waals surface area contributed by atoms with Crippen LogP contribution in [0, 0.1) is 0 Å². The van der Waals surface area contributed by atoms with Gasteiger partial charge in [-0.05, 0) is 70.7 Å². The van der Waals surface area contributed by atoms with Gasteiger partial charge in [0, 0.05) is 28.5 Å². The van der Waals surface area contributed by atoms with Gasteiger partial charge in [0.2, 0.25) is 5.91 Å². The molecule has 3 aromatic carbocycles. The van der Waals surface area contributed by atoms with E-state index >= 15 is 0 Å². The first-order valence-corrected chi connectivity index (χ1v) is 13.7. The van der Waals surface area contributed by atoms with Gasteiger partial charge in [0.15, 0.2) is 6.61 Å². The van der Waals surface area contributed by atoms with E-state index in [0.29, 0.717) is 21.7 Å². The van der Waals surface area contributed by atoms with E-state index in [2.05, 4.69) is 37.2 Å². The lowest BCUT2D eigenvalue weighted by atomic mass is 10.0. The maximum absolute atomic E-state index is 13.6. The Labute approximate surface area is 234 Å². The largest absolute Gasteiger partial charge is 0.483 e. The normalized spacial score (nSPS) is 12.5. The summed E-state index contributed by atoms with van der Waals surface area (Å²) in [5, 5.41) is 3.62. The minimum Gasteiger partial charge on any atom is -0.483 e. The van der Waals surface area contributed by atoms with Crippen molar-refractivity contribution in [3.8, 4) is 5.75 Å². The predicted molar refractivity (Wildman–Crippen MR) is 151 cm³/mol. The molecular weight excluding hydrogens is 608 g/mol. The molecule has 3 rings (SSSR count). The molecule has 0 unspecified atom stereocenters. The van der Waals surface area contributed by atoms with Crippen LogP contribution in [0.2, 0.25) is 5.02 Å². The van der Waals surface area contributed by atoms with Crippen LogP contribution in [0.1, 0.15) is 31.4 Å². The average molecular weight is 637 g/mol. The van der Waals surface area contributed by atoms with Crippen molar-refractivity contribution >= 4 is 55.3 Å². The highest BCUT2D eigenvalue weighted by Crippen LogP contribution is 2.28. The lowest BCUT2D eigenvalue weighted by molar-refractivity contribution is -0.143. The van der Waals surface area contributed by atoms with Gasteiger partial charge >= 0.3 is 0 Å². The third-order valence-electron chi connectivity index (χ3n) is 5.76. The Kier molecular flexibility index (Phi) is 10.8. The number of hydrogen-bond acceptors (Lipinski definition) is 3. The molecule has 0 aromatic heterocycles. The van der Waals surface area contributed by atoms with E-state index in [4.69, 9.17) is 16.3 Å². The first kappa shape index (κ1) is 28.2.